The molecule has 0 aliphatic carbocycles. The molecular weight excluding hydrogens is 495 g/mol. The van der Waals surface area contributed by atoms with E-state index in [0.717, 1.165) is 0 Å². The molecule has 12 heteroatoms. The molecule has 1 saturated heterocycles. The Bertz CT molecular complexity index is 1060. The molecule has 1 fully saturated rings. The van der Waals surface area contributed by atoms with Crippen molar-refractivity contribution in [2.45, 2.75) is 31.7 Å². The largest absolute Gasteiger partial charge is 1.00 e. The van der Waals surface area contributed by atoms with Crippen LogP contribution < -0.4 is 39.8 Å². The van der Waals surface area contributed by atoms with Gasteiger partial charge in [0.05, 0.1) is 6.04 Å². The Morgan fingerprint density at radius 3 is 2.97 bits per heavy atom. The van der Waals surface area contributed by atoms with Crippen molar-refractivity contribution < 1.29 is 42.8 Å². The molecule has 0 amide bonds. The van der Waals surface area contributed by atoms with E-state index in [9.17, 15) is 14.4 Å². The Morgan fingerprint density at radius 2 is 2.28 bits per heavy atom. The third-order valence-electron chi connectivity index (χ3n) is 4.41. The molecule has 0 bridgehead atoms. The SMILES string of the molecule is Cc1cn([C@H]2CC(N=[N+]=[N-])[C@@H](COC(=O)c3ccc[n+](C)c3)O2)c(=O)[nH]c1=O.[I-]. The fourth-order valence-corrected chi connectivity index (χ4v) is 2.97. The Morgan fingerprint density at radius 1 is 1.52 bits per heavy atom. The van der Waals surface area contributed by atoms with Crippen molar-refractivity contribution in [2.24, 2.45) is 12.2 Å². The van der Waals surface area contributed by atoms with E-state index < -0.39 is 35.6 Å². The number of nitrogens with one attached hydrogen (secondary N) is 1. The van der Waals surface area contributed by atoms with Crippen LogP contribution >= 0.6 is 0 Å². The number of pyridine rings is 1. The molecule has 2 aromatic rings. The quantitative estimate of drug-likeness (QED) is 0.117. The van der Waals surface area contributed by atoms with Crippen LogP contribution in [0.25, 0.3) is 10.4 Å². The second kappa shape index (κ2) is 9.67. The average molecular weight is 514 g/mol. The molecule has 3 atom stereocenters. The van der Waals surface area contributed by atoms with Gasteiger partial charge in [-0.15, -0.1) is 0 Å². The summed E-state index contributed by atoms with van der Waals surface area (Å²) in [6, 6.07) is 2.70. The fourth-order valence-electron chi connectivity index (χ4n) is 2.97. The van der Waals surface area contributed by atoms with Crippen molar-refractivity contribution in [3.63, 3.8) is 0 Å². The lowest BCUT2D eigenvalue weighted by atomic mass is 10.1. The average Bonchev–Trinajstić information content (AvgIpc) is 3.05. The van der Waals surface area contributed by atoms with Crippen molar-refractivity contribution in [3.8, 4) is 0 Å². The van der Waals surface area contributed by atoms with Gasteiger partial charge in [-0.3, -0.25) is 14.3 Å². The van der Waals surface area contributed by atoms with Crippen LogP contribution in [0.4, 0.5) is 0 Å². The smallest absolute Gasteiger partial charge is 0.344 e. The van der Waals surface area contributed by atoms with Gasteiger partial charge in [0.1, 0.15) is 31.5 Å². The molecule has 154 valence electrons. The van der Waals surface area contributed by atoms with E-state index in [1.165, 1.54) is 10.8 Å². The van der Waals surface area contributed by atoms with Gasteiger partial charge < -0.3 is 33.5 Å². The second-order valence-corrected chi connectivity index (χ2v) is 6.47. The number of aryl methyl sites for hydroxylation is 2. The summed E-state index contributed by atoms with van der Waals surface area (Å²) in [5, 5.41) is 3.69. The number of hydrogen-bond donors (Lipinski definition) is 1. The van der Waals surface area contributed by atoms with E-state index in [1.807, 2.05) is 0 Å². The van der Waals surface area contributed by atoms with Crippen LogP contribution in [0, 0.1) is 6.92 Å². The highest BCUT2D eigenvalue weighted by Gasteiger charge is 2.37. The molecule has 0 saturated carbocycles. The van der Waals surface area contributed by atoms with Gasteiger partial charge >= 0.3 is 11.7 Å². The number of aromatic amines is 1. The highest BCUT2D eigenvalue weighted by atomic mass is 127. The van der Waals surface area contributed by atoms with Gasteiger partial charge in [-0.25, -0.2) is 14.2 Å². The van der Waals surface area contributed by atoms with Gasteiger partial charge in [0.2, 0.25) is 0 Å². The van der Waals surface area contributed by atoms with Crippen molar-refractivity contribution in [1.29, 1.82) is 0 Å². The molecule has 3 rings (SSSR count). The van der Waals surface area contributed by atoms with Crippen molar-refractivity contribution in [2.75, 3.05) is 6.61 Å². The number of ether oxygens (including phenoxy) is 2. The van der Waals surface area contributed by atoms with Crippen LogP contribution in [0.1, 0.15) is 28.6 Å². The number of rotatable bonds is 5. The van der Waals surface area contributed by atoms with Crippen molar-refractivity contribution >= 4 is 5.97 Å². The predicted octanol–water partition coefficient (Wildman–Crippen LogP) is -2.50. The maximum absolute atomic E-state index is 12.2. The molecule has 11 nitrogen and oxygen atoms in total. The Kier molecular flexibility index (Phi) is 7.53. The number of nitrogens with zero attached hydrogens (tertiary/aromatic N) is 5. The van der Waals surface area contributed by atoms with Crippen LogP contribution in [0.15, 0.2) is 45.4 Å². The molecule has 1 aliphatic heterocycles. The van der Waals surface area contributed by atoms with E-state index in [1.54, 1.807) is 43.1 Å². The standard InChI is InChI=1S/C17H18N6O5.HI/c1-10-7-23(17(26)19-15(10)24)14-6-12(20-21-18)13(28-14)9-27-16(25)11-4-3-5-22(2)8-11;/h3-5,7-8,12-14H,6,9H2,1-2H3;1H/t12?,13-,14-;/m1./s1. The lowest BCUT2D eigenvalue weighted by Crippen LogP contribution is -3.00. The molecule has 1 aliphatic rings. The molecule has 2 aromatic heterocycles. The summed E-state index contributed by atoms with van der Waals surface area (Å²) in [4.78, 5) is 40.8. The van der Waals surface area contributed by atoms with E-state index >= 15 is 0 Å². The topological polar surface area (TPSA) is 143 Å². The summed E-state index contributed by atoms with van der Waals surface area (Å²) in [5.74, 6) is -0.542. The van der Waals surface area contributed by atoms with Crippen LogP contribution in [-0.2, 0) is 16.5 Å². The Balaban J connectivity index is 0.00000300. The maximum Gasteiger partial charge on any atom is 0.344 e. The number of H-pyrrole nitrogens is 1. The second-order valence-electron chi connectivity index (χ2n) is 6.47. The van der Waals surface area contributed by atoms with Gasteiger partial charge in [-0.05, 0) is 18.5 Å². The van der Waals surface area contributed by atoms with E-state index in [-0.39, 0.29) is 37.0 Å². The minimum atomic E-state index is -0.753. The molecule has 3 heterocycles. The summed E-state index contributed by atoms with van der Waals surface area (Å²) < 4.78 is 14.0. The normalized spacial score (nSPS) is 20.4. The van der Waals surface area contributed by atoms with Crippen molar-refractivity contribution in [3.05, 3.63) is 73.1 Å². The summed E-state index contributed by atoms with van der Waals surface area (Å²) in [6.45, 7) is 1.42. The van der Waals surface area contributed by atoms with Crippen LogP contribution in [0.2, 0.25) is 0 Å². The van der Waals surface area contributed by atoms with Gasteiger partial charge in [0.25, 0.3) is 5.56 Å². The molecule has 1 unspecified atom stereocenters. The van der Waals surface area contributed by atoms with Crippen molar-refractivity contribution in [1.82, 2.24) is 9.55 Å². The molecular formula is C17H19IN6O5. The van der Waals surface area contributed by atoms with Gasteiger partial charge in [0.15, 0.2) is 12.4 Å². The molecule has 0 radical (unpaired) electrons. The monoisotopic (exact) mass is 514 g/mol. The summed E-state index contributed by atoms with van der Waals surface area (Å²) in [5.41, 5.74) is 8.40. The first-order chi connectivity index (χ1) is 13.4. The summed E-state index contributed by atoms with van der Waals surface area (Å²) >= 11 is 0. The molecule has 0 aromatic carbocycles. The zero-order valence-corrected chi connectivity index (χ0v) is 17.8. The summed E-state index contributed by atoms with van der Waals surface area (Å²) in [6.07, 6.45) is 3.52. The number of azide groups is 1. The van der Waals surface area contributed by atoms with Gasteiger partial charge in [0, 0.05) is 29.2 Å². The number of carbonyl (C=O) groups excluding carboxylic acids is 1. The van der Waals surface area contributed by atoms with Gasteiger partial charge in [-0.1, -0.05) is 5.11 Å². The molecule has 0 spiro atoms. The minimum absolute atomic E-state index is 0. The lowest BCUT2D eigenvalue weighted by molar-refractivity contribution is -0.671. The zero-order chi connectivity index (χ0) is 20.3. The van der Waals surface area contributed by atoms with Crippen LogP contribution in [0.3, 0.4) is 0 Å². The molecule has 1 N–H and O–H groups in total. The van der Waals surface area contributed by atoms with E-state index in [2.05, 4.69) is 15.0 Å². The Hall–Kier alpha value is -2.70. The lowest BCUT2D eigenvalue weighted by Gasteiger charge is -2.16. The van der Waals surface area contributed by atoms with Crippen LogP contribution in [-0.4, -0.2) is 34.3 Å². The van der Waals surface area contributed by atoms with Gasteiger partial charge in [-0.2, -0.15) is 0 Å². The number of esters is 1. The first kappa shape index (κ1) is 22.6. The zero-order valence-electron chi connectivity index (χ0n) is 15.7. The van der Waals surface area contributed by atoms with E-state index in [4.69, 9.17) is 15.0 Å². The third kappa shape index (κ3) is 5.22. The number of hydrogen-bond acceptors (Lipinski definition) is 6. The first-order valence-electron chi connectivity index (χ1n) is 8.53. The number of halogens is 1. The van der Waals surface area contributed by atoms with E-state index in [0.29, 0.717) is 11.1 Å². The van der Waals surface area contributed by atoms with Crippen LogP contribution in [0.5, 0.6) is 0 Å². The first-order valence-corrected chi connectivity index (χ1v) is 8.53. The highest BCUT2D eigenvalue weighted by Crippen LogP contribution is 2.30. The third-order valence-corrected chi connectivity index (χ3v) is 4.41. The maximum atomic E-state index is 12.2. The Labute approximate surface area is 181 Å². The summed E-state index contributed by atoms with van der Waals surface area (Å²) in [7, 11) is 1.78. The number of aromatic nitrogens is 3. The minimum Gasteiger partial charge on any atom is -1.00 e. The predicted molar refractivity (Wildman–Crippen MR) is 95.4 cm³/mol. The molecule has 29 heavy (non-hydrogen) atoms. The number of carbonyl (C=O) groups is 1. The highest BCUT2D eigenvalue weighted by molar-refractivity contribution is 5.88. The fraction of sp³-hybridized carbons (Fsp3) is 0.412.